The van der Waals surface area contributed by atoms with Crippen LogP contribution in [0.3, 0.4) is 0 Å². The minimum Gasteiger partial charge on any atom is -0.486 e. The molecule has 4 rings (SSSR count). The average Bonchev–Trinajstić information content (AvgIpc) is 3.51. The Morgan fingerprint density at radius 3 is 2.65 bits per heavy atom. The van der Waals surface area contributed by atoms with Gasteiger partial charge in [-0.1, -0.05) is 41.9 Å². The molecule has 0 N–H and O–H groups in total. The van der Waals surface area contributed by atoms with Crippen LogP contribution in [-0.2, 0) is 6.54 Å². The predicted molar refractivity (Wildman–Crippen MR) is 101 cm³/mol. The normalized spacial score (nSPS) is 16.8. The zero-order chi connectivity index (χ0) is 18.1. The number of halogens is 1. The van der Waals surface area contributed by atoms with Crippen LogP contribution < -0.4 is 9.47 Å². The smallest absolute Gasteiger partial charge is 0.254 e. The molecule has 1 aliphatic heterocycles. The Morgan fingerprint density at radius 2 is 1.92 bits per heavy atom. The molecule has 1 atom stereocenters. The van der Waals surface area contributed by atoms with E-state index in [1.54, 1.807) is 12.1 Å². The number of hydrogen-bond acceptors (Lipinski definition) is 3. The summed E-state index contributed by atoms with van der Waals surface area (Å²) >= 11 is 6.34. The van der Waals surface area contributed by atoms with E-state index in [-0.39, 0.29) is 11.9 Å². The first-order valence-electron chi connectivity index (χ1n) is 9.07. The maximum absolute atomic E-state index is 13.3. The lowest BCUT2D eigenvalue weighted by molar-refractivity contribution is 0.0653. The number of ether oxygens (including phenoxy) is 2. The SMILES string of the molecule is CC(C1CC1)N(Cc1ccccc1)C(=O)c1cc(Cl)c2c(c1)OCCO2. The van der Waals surface area contributed by atoms with Gasteiger partial charge in [0, 0.05) is 18.2 Å². The van der Waals surface area contributed by atoms with Crippen LogP contribution in [0.5, 0.6) is 11.5 Å². The summed E-state index contributed by atoms with van der Waals surface area (Å²) in [6.45, 7) is 3.66. The average molecular weight is 372 g/mol. The number of fused-ring (bicyclic) bond motifs is 1. The van der Waals surface area contributed by atoms with Crippen LogP contribution in [0.15, 0.2) is 42.5 Å². The lowest BCUT2D eigenvalue weighted by Crippen LogP contribution is -2.39. The van der Waals surface area contributed by atoms with Gasteiger partial charge in [0.05, 0.1) is 5.02 Å². The third-order valence-corrected chi connectivity index (χ3v) is 5.38. The fourth-order valence-electron chi connectivity index (χ4n) is 3.41. The van der Waals surface area contributed by atoms with Gasteiger partial charge in [-0.3, -0.25) is 4.79 Å². The molecular weight excluding hydrogens is 350 g/mol. The molecular formula is C21H22ClNO3. The highest BCUT2D eigenvalue weighted by Gasteiger charge is 2.35. The van der Waals surface area contributed by atoms with Crippen LogP contribution in [0.2, 0.25) is 5.02 Å². The lowest BCUT2D eigenvalue weighted by atomic mass is 10.1. The number of hydrogen-bond donors (Lipinski definition) is 0. The molecule has 0 saturated heterocycles. The van der Waals surface area contributed by atoms with E-state index in [9.17, 15) is 4.79 Å². The molecule has 0 bridgehead atoms. The molecule has 0 spiro atoms. The van der Waals surface area contributed by atoms with E-state index in [0.29, 0.717) is 47.8 Å². The van der Waals surface area contributed by atoms with Crippen LogP contribution in [0.25, 0.3) is 0 Å². The molecule has 2 aromatic carbocycles. The molecule has 2 aliphatic rings. The largest absolute Gasteiger partial charge is 0.486 e. The summed E-state index contributed by atoms with van der Waals surface area (Å²) in [7, 11) is 0. The van der Waals surface area contributed by atoms with Crippen molar-refractivity contribution in [1.82, 2.24) is 4.90 Å². The van der Waals surface area contributed by atoms with E-state index in [1.807, 2.05) is 23.1 Å². The van der Waals surface area contributed by atoms with Crippen LogP contribution in [0.4, 0.5) is 0 Å². The van der Waals surface area contributed by atoms with Gasteiger partial charge in [-0.05, 0) is 43.4 Å². The quantitative estimate of drug-likeness (QED) is 0.773. The van der Waals surface area contributed by atoms with E-state index in [2.05, 4.69) is 19.1 Å². The zero-order valence-electron chi connectivity index (χ0n) is 14.8. The molecule has 1 amide bonds. The molecule has 2 aromatic rings. The van der Waals surface area contributed by atoms with E-state index in [4.69, 9.17) is 21.1 Å². The third kappa shape index (κ3) is 3.51. The van der Waals surface area contributed by atoms with Gasteiger partial charge in [-0.2, -0.15) is 0 Å². The van der Waals surface area contributed by atoms with Crippen molar-refractivity contribution in [3.63, 3.8) is 0 Å². The summed E-state index contributed by atoms with van der Waals surface area (Å²) in [5, 5.41) is 0.421. The molecule has 1 saturated carbocycles. The number of carbonyl (C=O) groups is 1. The van der Waals surface area contributed by atoms with Crippen LogP contribution in [0, 0.1) is 5.92 Å². The Labute approximate surface area is 158 Å². The van der Waals surface area contributed by atoms with E-state index >= 15 is 0 Å². The lowest BCUT2D eigenvalue weighted by Gasteiger charge is -2.30. The standard InChI is InChI=1S/C21H22ClNO3/c1-14(16-7-8-16)23(13-15-5-3-2-4-6-15)21(24)17-11-18(22)20-19(12-17)25-9-10-26-20/h2-6,11-12,14,16H,7-10,13H2,1H3. The molecule has 136 valence electrons. The highest BCUT2D eigenvalue weighted by molar-refractivity contribution is 6.32. The minimum atomic E-state index is -0.0212. The highest BCUT2D eigenvalue weighted by Crippen LogP contribution is 2.40. The summed E-state index contributed by atoms with van der Waals surface area (Å²) < 4.78 is 11.2. The number of benzene rings is 2. The Balaban J connectivity index is 1.64. The maximum atomic E-state index is 13.3. The van der Waals surface area contributed by atoms with Gasteiger partial charge in [0.15, 0.2) is 11.5 Å². The topological polar surface area (TPSA) is 38.8 Å². The molecule has 0 aromatic heterocycles. The molecule has 1 fully saturated rings. The Kier molecular flexibility index (Phi) is 4.77. The van der Waals surface area contributed by atoms with Gasteiger partial charge < -0.3 is 14.4 Å². The summed E-state index contributed by atoms with van der Waals surface area (Å²) in [5.74, 6) is 1.63. The van der Waals surface area contributed by atoms with E-state index in [0.717, 1.165) is 5.56 Å². The summed E-state index contributed by atoms with van der Waals surface area (Å²) in [6, 6.07) is 13.7. The molecule has 0 radical (unpaired) electrons. The first kappa shape index (κ1) is 17.2. The molecule has 1 aliphatic carbocycles. The number of nitrogens with zero attached hydrogens (tertiary/aromatic N) is 1. The Hall–Kier alpha value is -2.20. The molecule has 1 unspecified atom stereocenters. The van der Waals surface area contributed by atoms with Crippen molar-refractivity contribution in [3.05, 3.63) is 58.6 Å². The highest BCUT2D eigenvalue weighted by atomic mass is 35.5. The summed E-state index contributed by atoms with van der Waals surface area (Å²) in [6.07, 6.45) is 2.36. The number of amides is 1. The second-order valence-electron chi connectivity index (χ2n) is 6.98. The summed E-state index contributed by atoms with van der Waals surface area (Å²) in [4.78, 5) is 15.3. The summed E-state index contributed by atoms with van der Waals surface area (Å²) in [5.41, 5.74) is 1.67. The van der Waals surface area contributed by atoms with Crippen molar-refractivity contribution in [2.45, 2.75) is 32.4 Å². The predicted octanol–water partition coefficient (Wildman–Crippen LogP) is 4.55. The Bertz CT molecular complexity index is 804. The van der Waals surface area contributed by atoms with Crippen molar-refractivity contribution in [3.8, 4) is 11.5 Å². The van der Waals surface area contributed by atoms with Gasteiger partial charge in [-0.25, -0.2) is 0 Å². The first-order valence-corrected chi connectivity index (χ1v) is 9.45. The van der Waals surface area contributed by atoms with Gasteiger partial charge in [0.25, 0.3) is 5.91 Å². The van der Waals surface area contributed by atoms with Crippen LogP contribution in [0.1, 0.15) is 35.7 Å². The van der Waals surface area contributed by atoms with Gasteiger partial charge in [0.1, 0.15) is 13.2 Å². The number of carbonyl (C=O) groups excluding carboxylic acids is 1. The van der Waals surface area contributed by atoms with Gasteiger partial charge >= 0.3 is 0 Å². The molecule has 1 heterocycles. The van der Waals surface area contributed by atoms with Crippen molar-refractivity contribution in [2.75, 3.05) is 13.2 Å². The van der Waals surface area contributed by atoms with Gasteiger partial charge in [0.2, 0.25) is 0 Å². The van der Waals surface area contributed by atoms with Crippen LogP contribution >= 0.6 is 11.6 Å². The van der Waals surface area contributed by atoms with Crippen molar-refractivity contribution in [1.29, 1.82) is 0 Å². The maximum Gasteiger partial charge on any atom is 0.254 e. The fraction of sp³-hybridized carbons (Fsp3) is 0.381. The number of rotatable bonds is 5. The fourth-order valence-corrected chi connectivity index (χ4v) is 3.68. The van der Waals surface area contributed by atoms with Gasteiger partial charge in [-0.15, -0.1) is 0 Å². The van der Waals surface area contributed by atoms with Crippen molar-refractivity contribution >= 4 is 17.5 Å². The second kappa shape index (κ2) is 7.20. The van der Waals surface area contributed by atoms with E-state index < -0.39 is 0 Å². The molecule has 4 nitrogen and oxygen atoms in total. The monoisotopic (exact) mass is 371 g/mol. The molecule has 5 heteroatoms. The Morgan fingerprint density at radius 1 is 1.19 bits per heavy atom. The van der Waals surface area contributed by atoms with Crippen LogP contribution in [-0.4, -0.2) is 30.1 Å². The molecule has 26 heavy (non-hydrogen) atoms. The second-order valence-corrected chi connectivity index (χ2v) is 7.39. The van der Waals surface area contributed by atoms with E-state index in [1.165, 1.54) is 12.8 Å². The minimum absolute atomic E-state index is 0.0212. The first-order chi connectivity index (χ1) is 12.6. The van der Waals surface area contributed by atoms with Crippen molar-refractivity contribution in [2.24, 2.45) is 5.92 Å². The van der Waals surface area contributed by atoms with Crippen molar-refractivity contribution < 1.29 is 14.3 Å². The zero-order valence-corrected chi connectivity index (χ0v) is 15.5. The third-order valence-electron chi connectivity index (χ3n) is 5.10.